The molecular formula is C13H19NO2. The van der Waals surface area contributed by atoms with Crippen molar-refractivity contribution < 1.29 is 9.47 Å². The van der Waals surface area contributed by atoms with Gasteiger partial charge in [-0.05, 0) is 19.9 Å². The maximum absolute atomic E-state index is 5.80. The highest BCUT2D eigenvalue weighted by Gasteiger charge is 2.18. The van der Waals surface area contributed by atoms with E-state index in [0.29, 0.717) is 0 Å². The Morgan fingerprint density at radius 2 is 2.19 bits per heavy atom. The number of hydrogen-bond acceptors (Lipinski definition) is 3. The van der Waals surface area contributed by atoms with E-state index in [0.717, 1.165) is 25.5 Å². The molecule has 16 heavy (non-hydrogen) atoms. The molecule has 0 saturated carbocycles. The summed E-state index contributed by atoms with van der Waals surface area (Å²) in [5.41, 5.74) is 1.19. The Balaban J connectivity index is 2.17. The van der Waals surface area contributed by atoms with E-state index in [1.54, 1.807) is 0 Å². The van der Waals surface area contributed by atoms with Gasteiger partial charge < -0.3 is 14.8 Å². The van der Waals surface area contributed by atoms with Crippen molar-refractivity contribution >= 4 is 0 Å². The van der Waals surface area contributed by atoms with Crippen LogP contribution in [0.4, 0.5) is 0 Å². The van der Waals surface area contributed by atoms with Gasteiger partial charge in [0.25, 0.3) is 0 Å². The first kappa shape index (κ1) is 11.4. The maximum atomic E-state index is 5.80. The Labute approximate surface area is 96.8 Å². The molecule has 1 saturated heterocycles. The molecule has 1 aliphatic heterocycles. The van der Waals surface area contributed by atoms with E-state index < -0.39 is 0 Å². The molecule has 0 aliphatic carbocycles. The molecule has 1 aromatic rings. The molecule has 0 unspecified atom stereocenters. The lowest BCUT2D eigenvalue weighted by Crippen LogP contribution is -2.34. The summed E-state index contributed by atoms with van der Waals surface area (Å²) in [7, 11) is 0. The second-order valence-electron chi connectivity index (χ2n) is 4.29. The molecule has 0 bridgehead atoms. The minimum Gasteiger partial charge on any atom is -0.491 e. The lowest BCUT2D eigenvalue weighted by atomic mass is 10.1. The number of morpholine rings is 1. The van der Waals surface area contributed by atoms with E-state index in [-0.39, 0.29) is 12.1 Å². The summed E-state index contributed by atoms with van der Waals surface area (Å²) in [6, 6.07) is 8.42. The summed E-state index contributed by atoms with van der Waals surface area (Å²) in [4.78, 5) is 0. The van der Waals surface area contributed by atoms with Crippen LogP contribution in [0.3, 0.4) is 0 Å². The average molecular weight is 221 g/mol. The number of benzene rings is 1. The molecule has 0 amide bonds. The van der Waals surface area contributed by atoms with Crippen LogP contribution in [-0.2, 0) is 4.74 Å². The van der Waals surface area contributed by atoms with Crippen molar-refractivity contribution in [2.75, 3.05) is 19.8 Å². The Morgan fingerprint density at radius 1 is 1.38 bits per heavy atom. The van der Waals surface area contributed by atoms with Crippen molar-refractivity contribution in [3.63, 3.8) is 0 Å². The van der Waals surface area contributed by atoms with Gasteiger partial charge in [-0.3, -0.25) is 0 Å². The molecule has 1 aliphatic rings. The zero-order valence-electron chi connectivity index (χ0n) is 9.90. The van der Waals surface area contributed by atoms with Gasteiger partial charge in [0, 0.05) is 12.1 Å². The number of hydrogen-bond donors (Lipinski definition) is 1. The fourth-order valence-electron chi connectivity index (χ4n) is 1.89. The predicted molar refractivity (Wildman–Crippen MR) is 63.8 cm³/mol. The fourth-order valence-corrected chi connectivity index (χ4v) is 1.89. The third kappa shape index (κ3) is 2.74. The SMILES string of the molecule is CC(C)Oc1ccccc1[C@H]1COCCN1. The molecule has 1 fully saturated rings. The normalized spacial score (nSPS) is 21.1. The standard InChI is InChI=1S/C13H19NO2/c1-10(2)16-13-6-4-3-5-11(13)12-9-15-8-7-14-12/h3-6,10,12,14H,7-9H2,1-2H3/t12-/m1/s1. The summed E-state index contributed by atoms with van der Waals surface area (Å²) >= 11 is 0. The highest BCUT2D eigenvalue weighted by Crippen LogP contribution is 2.27. The minimum atomic E-state index is 0.200. The van der Waals surface area contributed by atoms with Crippen molar-refractivity contribution in [2.45, 2.75) is 26.0 Å². The Hall–Kier alpha value is -1.06. The van der Waals surface area contributed by atoms with Gasteiger partial charge >= 0.3 is 0 Å². The smallest absolute Gasteiger partial charge is 0.124 e. The van der Waals surface area contributed by atoms with Crippen LogP contribution in [0.2, 0.25) is 0 Å². The summed E-state index contributed by atoms with van der Waals surface area (Å²) in [6.45, 7) is 6.51. The van der Waals surface area contributed by atoms with E-state index in [4.69, 9.17) is 9.47 Å². The largest absolute Gasteiger partial charge is 0.491 e. The molecule has 88 valence electrons. The minimum absolute atomic E-state index is 0.200. The van der Waals surface area contributed by atoms with E-state index in [9.17, 15) is 0 Å². The van der Waals surface area contributed by atoms with Gasteiger partial charge in [-0.25, -0.2) is 0 Å². The van der Waals surface area contributed by atoms with Gasteiger partial charge in [0.05, 0.1) is 25.4 Å². The fraction of sp³-hybridized carbons (Fsp3) is 0.538. The molecule has 0 aromatic heterocycles. The van der Waals surface area contributed by atoms with E-state index in [1.807, 2.05) is 32.0 Å². The number of rotatable bonds is 3. The van der Waals surface area contributed by atoms with Crippen molar-refractivity contribution in [1.29, 1.82) is 0 Å². The average Bonchev–Trinajstić information content (AvgIpc) is 2.30. The molecular weight excluding hydrogens is 202 g/mol. The Bertz CT molecular complexity index is 332. The predicted octanol–water partition coefficient (Wildman–Crippen LogP) is 2.13. The molecule has 0 radical (unpaired) electrons. The van der Waals surface area contributed by atoms with Crippen LogP contribution in [-0.4, -0.2) is 25.9 Å². The first-order chi connectivity index (χ1) is 7.77. The Morgan fingerprint density at radius 3 is 2.88 bits per heavy atom. The molecule has 3 heteroatoms. The van der Waals surface area contributed by atoms with Crippen molar-refractivity contribution in [3.05, 3.63) is 29.8 Å². The first-order valence-electron chi connectivity index (χ1n) is 5.84. The molecule has 2 rings (SSSR count). The van der Waals surface area contributed by atoms with Gasteiger partial charge in [-0.1, -0.05) is 18.2 Å². The monoisotopic (exact) mass is 221 g/mol. The van der Waals surface area contributed by atoms with Crippen LogP contribution in [0.25, 0.3) is 0 Å². The highest BCUT2D eigenvalue weighted by molar-refractivity contribution is 5.36. The third-order valence-electron chi connectivity index (χ3n) is 2.58. The number of para-hydroxylation sites is 1. The van der Waals surface area contributed by atoms with Crippen LogP contribution < -0.4 is 10.1 Å². The maximum Gasteiger partial charge on any atom is 0.124 e. The second kappa shape index (κ2) is 5.32. The zero-order valence-corrected chi connectivity index (χ0v) is 9.90. The summed E-state index contributed by atoms with van der Waals surface area (Å²) < 4.78 is 11.3. The molecule has 1 aromatic carbocycles. The van der Waals surface area contributed by atoms with Crippen LogP contribution in [0.1, 0.15) is 25.5 Å². The summed E-state index contributed by atoms with van der Waals surface area (Å²) in [6.07, 6.45) is 0.200. The topological polar surface area (TPSA) is 30.5 Å². The molecule has 3 nitrogen and oxygen atoms in total. The van der Waals surface area contributed by atoms with Gasteiger partial charge in [-0.15, -0.1) is 0 Å². The van der Waals surface area contributed by atoms with Crippen LogP contribution in [0, 0.1) is 0 Å². The van der Waals surface area contributed by atoms with Crippen molar-refractivity contribution in [1.82, 2.24) is 5.32 Å². The Kier molecular flexibility index (Phi) is 3.80. The number of ether oxygens (including phenoxy) is 2. The van der Waals surface area contributed by atoms with Gasteiger partial charge in [0.2, 0.25) is 0 Å². The van der Waals surface area contributed by atoms with Crippen LogP contribution in [0.15, 0.2) is 24.3 Å². The third-order valence-corrected chi connectivity index (χ3v) is 2.58. The highest BCUT2D eigenvalue weighted by atomic mass is 16.5. The van der Waals surface area contributed by atoms with E-state index >= 15 is 0 Å². The van der Waals surface area contributed by atoms with E-state index in [2.05, 4.69) is 11.4 Å². The molecule has 1 N–H and O–H groups in total. The van der Waals surface area contributed by atoms with Gasteiger partial charge in [-0.2, -0.15) is 0 Å². The summed E-state index contributed by atoms with van der Waals surface area (Å²) in [5.74, 6) is 0.959. The molecule has 0 spiro atoms. The lowest BCUT2D eigenvalue weighted by Gasteiger charge is -2.26. The van der Waals surface area contributed by atoms with Crippen LogP contribution >= 0.6 is 0 Å². The van der Waals surface area contributed by atoms with Crippen molar-refractivity contribution in [3.8, 4) is 5.75 Å². The van der Waals surface area contributed by atoms with Gasteiger partial charge in [0.15, 0.2) is 0 Å². The molecule has 1 atom stereocenters. The second-order valence-corrected chi connectivity index (χ2v) is 4.29. The zero-order chi connectivity index (χ0) is 11.4. The lowest BCUT2D eigenvalue weighted by molar-refractivity contribution is 0.0753. The quantitative estimate of drug-likeness (QED) is 0.848. The first-order valence-corrected chi connectivity index (χ1v) is 5.84. The number of nitrogens with one attached hydrogen (secondary N) is 1. The van der Waals surface area contributed by atoms with Crippen molar-refractivity contribution in [2.24, 2.45) is 0 Å². The summed E-state index contributed by atoms with van der Waals surface area (Å²) in [5, 5.41) is 3.44. The van der Waals surface area contributed by atoms with Gasteiger partial charge in [0.1, 0.15) is 5.75 Å². The van der Waals surface area contributed by atoms with Crippen LogP contribution in [0.5, 0.6) is 5.75 Å². The molecule has 1 heterocycles. The van der Waals surface area contributed by atoms with E-state index in [1.165, 1.54) is 5.56 Å².